The summed E-state index contributed by atoms with van der Waals surface area (Å²) >= 11 is 0. The first-order chi connectivity index (χ1) is 10.2. The number of nitrogens with one attached hydrogen (secondary N) is 1. The van der Waals surface area contributed by atoms with Crippen molar-refractivity contribution in [2.45, 2.75) is 46.3 Å². The van der Waals surface area contributed by atoms with Crippen LogP contribution < -0.4 is 14.8 Å². The van der Waals surface area contributed by atoms with Gasteiger partial charge in [-0.2, -0.15) is 0 Å². The normalized spacial score (nSPS) is 10.9. The second-order valence-electron chi connectivity index (χ2n) is 5.29. The van der Waals surface area contributed by atoms with Gasteiger partial charge in [-0.25, -0.2) is 0 Å². The Balaban J connectivity index is 2.35. The summed E-state index contributed by atoms with van der Waals surface area (Å²) < 4.78 is 16.5. The fourth-order valence-corrected chi connectivity index (χ4v) is 1.95. The topological polar surface area (TPSA) is 39.7 Å². The van der Waals surface area contributed by atoms with Gasteiger partial charge in [0.25, 0.3) is 0 Å². The highest BCUT2D eigenvalue weighted by Gasteiger charge is 2.07. The maximum Gasteiger partial charge on any atom is 0.161 e. The van der Waals surface area contributed by atoms with E-state index in [1.165, 1.54) is 5.56 Å². The molecule has 4 heteroatoms. The van der Waals surface area contributed by atoms with E-state index in [0.717, 1.165) is 50.6 Å². The third-order valence-corrected chi connectivity index (χ3v) is 2.91. The molecule has 0 aromatic heterocycles. The van der Waals surface area contributed by atoms with Crippen molar-refractivity contribution in [1.29, 1.82) is 0 Å². The summed E-state index contributed by atoms with van der Waals surface area (Å²) in [6.45, 7) is 9.60. The van der Waals surface area contributed by atoms with Gasteiger partial charge in [0, 0.05) is 19.8 Å². The standard InChI is InChI=1S/C17H29NO3/c1-5-10-20-11-6-9-18-13-15-7-8-16(21-14(2)3)17(12-15)19-4/h7-8,12,14,18H,5-6,9-11,13H2,1-4H3. The highest BCUT2D eigenvalue weighted by Crippen LogP contribution is 2.28. The lowest BCUT2D eigenvalue weighted by atomic mass is 10.2. The Bertz CT molecular complexity index is 394. The third-order valence-electron chi connectivity index (χ3n) is 2.91. The van der Waals surface area contributed by atoms with Gasteiger partial charge in [0.15, 0.2) is 11.5 Å². The first kappa shape index (κ1) is 17.8. The molecule has 21 heavy (non-hydrogen) atoms. The molecule has 4 nitrogen and oxygen atoms in total. The summed E-state index contributed by atoms with van der Waals surface area (Å²) in [4.78, 5) is 0. The number of hydrogen-bond donors (Lipinski definition) is 1. The number of ether oxygens (including phenoxy) is 3. The van der Waals surface area contributed by atoms with Crippen LogP contribution in [0.1, 0.15) is 39.2 Å². The Morgan fingerprint density at radius 1 is 1.14 bits per heavy atom. The van der Waals surface area contributed by atoms with Crippen molar-refractivity contribution < 1.29 is 14.2 Å². The van der Waals surface area contributed by atoms with Gasteiger partial charge in [0.1, 0.15) is 0 Å². The molecule has 0 bridgehead atoms. The van der Waals surface area contributed by atoms with Crippen LogP contribution in [0.15, 0.2) is 18.2 Å². The average Bonchev–Trinajstić information content (AvgIpc) is 2.47. The van der Waals surface area contributed by atoms with Crippen LogP contribution >= 0.6 is 0 Å². The smallest absolute Gasteiger partial charge is 0.161 e. The maximum atomic E-state index is 5.71. The van der Waals surface area contributed by atoms with Crippen molar-refractivity contribution in [2.24, 2.45) is 0 Å². The summed E-state index contributed by atoms with van der Waals surface area (Å²) in [6.07, 6.45) is 2.26. The van der Waals surface area contributed by atoms with Gasteiger partial charge in [-0.05, 0) is 50.9 Å². The Hall–Kier alpha value is -1.26. The van der Waals surface area contributed by atoms with E-state index in [4.69, 9.17) is 14.2 Å². The minimum atomic E-state index is 0.144. The van der Waals surface area contributed by atoms with Gasteiger partial charge in [-0.3, -0.25) is 0 Å². The van der Waals surface area contributed by atoms with Gasteiger partial charge in [-0.1, -0.05) is 13.0 Å². The van der Waals surface area contributed by atoms with E-state index in [1.807, 2.05) is 26.0 Å². The van der Waals surface area contributed by atoms with Gasteiger partial charge >= 0.3 is 0 Å². The van der Waals surface area contributed by atoms with Crippen molar-refractivity contribution in [3.63, 3.8) is 0 Å². The average molecular weight is 295 g/mol. The number of benzene rings is 1. The third kappa shape index (κ3) is 7.34. The molecule has 0 amide bonds. The SMILES string of the molecule is CCCOCCCNCc1ccc(OC(C)C)c(OC)c1. The second kappa shape index (κ2) is 10.5. The highest BCUT2D eigenvalue weighted by molar-refractivity contribution is 5.43. The largest absolute Gasteiger partial charge is 0.493 e. The lowest BCUT2D eigenvalue weighted by Crippen LogP contribution is -2.16. The van der Waals surface area contributed by atoms with Crippen molar-refractivity contribution in [2.75, 3.05) is 26.9 Å². The van der Waals surface area contributed by atoms with Crippen LogP contribution in [0.3, 0.4) is 0 Å². The molecule has 1 aromatic carbocycles. The van der Waals surface area contributed by atoms with Crippen LogP contribution in [0.4, 0.5) is 0 Å². The molecule has 0 saturated carbocycles. The Labute approximate surface area is 128 Å². The molecule has 0 aliphatic heterocycles. The van der Waals surface area contributed by atoms with Crippen molar-refractivity contribution in [3.8, 4) is 11.5 Å². The Kier molecular flexibility index (Phi) is 8.87. The molecule has 1 aromatic rings. The van der Waals surface area contributed by atoms with Crippen molar-refractivity contribution in [1.82, 2.24) is 5.32 Å². The molecule has 0 radical (unpaired) electrons. The molecular formula is C17H29NO3. The van der Waals surface area contributed by atoms with E-state index in [0.29, 0.717) is 0 Å². The fourth-order valence-electron chi connectivity index (χ4n) is 1.95. The summed E-state index contributed by atoms with van der Waals surface area (Å²) in [7, 11) is 1.67. The van der Waals surface area contributed by atoms with Crippen molar-refractivity contribution in [3.05, 3.63) is 23.8 Å². The Morgan fingerprint density at radius 2 is 1.95 bits per heavy atom. The van der Waals surface area contributed by atoms with E-state index in [9.17, 15) is 0 Å². The maximum absolute atomic E-state index is 5.71. The van der Waals surface area contributed by atoms with Crippen LogP contribution in [0.5, 0.6) is 11.5 Å². The minimum Gasteiger partial charge on any atom is -0.493 e. The lowest BCUT2D eigenvalue weighted by Gasteiger charge is -2.14. The summed E-state index contributed by atoms with van der Waals surface area (Å²) in [5.74, 6) is 1.58. The second-order valence-corrected chi connectivity index (χ2v) is 5.29. The zero-order valence-electron chi connectivity index (χ0n) is 13.8. The number of methoxy groups -OCH3 is 1. The minimum absolute atomic E-state index is 0.144. The van der Waals surface area contributed by atoms with Crippen molar-refractivity contribution >= 4 is 0 Å². The van der Waals surface area contributed by atoms with Gasteiger partial charge < -0.3 is 19.5 Å². The van der Waals surface area contributed by atoms with E-state index in [1.54, 1.807) is 7.11 Å². The molecule has 0 aliphatic rings. The van der Waals surface area contributed by atoms with Gasteiger partial charge in [0.2, 0.25) is 0 Å². The van der Waals surface area contributed by atoms with E-state index >= 15 is 0 Å². The molecule has 1 N–H and O–H groups in total. The first-order valence-corrected chi connectivity index (χ1v) is 7.79. The highest BCUT2D eigenvalue weighted by atomic mass is 16.5. The summed E-state index contributed by atoms with van der Waals surface area (Å²) in [5.41, 5.74) is 1.19. The van der Waals surface area contributed by atoms with Crippen LogP contribution in [0, 0.1) is 0 Å². The quantitative estimate of drug-likeness (QED) is 0.635. The van der Waals surface area contributed by atoms with Crippen LogP contribution in [-0.4, -0.2) is 33.0 Å². The zero-order chi connectivity index (χ0) is 15.5. The summed E-state index contributed by atoms with van der Waals surface area (Å²) in [6, 6.07) is 6.07. The molecule has 0 aliphatic carbocycles. The van der Waals surface area contributed by atoms with Gasteiger partial charge in [0.05, 0.1) is 13.2 Å². The van der Waals surface area contributed by atoms with Crippen LogP contribution in [-0.2, 0) is 11.3 Å². The molecule has 120 valence electrons. The van der Waals surface area contributed by atoms with Crippen LogP contribution in [0.25, 0.3) is 0 Å². The molecule has 0 unspecified atom stereocenters. The molecule has 0 atom stereocenters. The number of hydrogen-bond acceptors (Lipinski definition) is 4. The Morgan fingerprint density at radius 3 is 2.62 bits per heavy atom. The van der Waals surface area contributed by atoms with Gasteiger partial charge in [-0.15, -0.1) is 0 Å². The van der Waals surface area contributed by atoms with E-state index in [2.05, 4.69) is 18.3 Å². The first-order valence-electron chi connectivity index (χ1n) is 7.79. The molecule has 0 saturated heterocycles. The molecule has 0 fully saturated rings. The predicted molar refractivity (Wildman–Crippen MR) is 86.2 cm³/mol. The number of rotatable bonds is 11. The van der Waals surface area contributed by atoms with Crippen LogP contribution in [0.2, 0.25) is 0 Å². The zero-order valence-corrected chi connectivity index (χ0v) is 13.8. The lowest BCUT2D eigenvalue weighted by molar-refractivity contribution is 0.132. The van der Waals surface area contributed by atoms with E-state index < -0.39 is 0 Å². The summed E-state index contributed by atoms with van der Waals surface area (Å²) in [5, 5.41) is 3.41. The fraction of sp³-hybridized carbons (Fsp3) is 0.647. The van der Waals surface area contributed by atoms with E-state index in [-0.39, 0.29) is 6.10 Å². The molecule has 0 heterocycles. The predicted octanol–water partition coefficient (Wildman–Crippen LogP) is 3.39. The molecule has 0 spiro atoms. The molecule has 1 rings (SSSR count). The monoisotopic (exact) mass is 295 g/mol. The molecular weight excluding hydrogens is 266 g/mol.